The number of hydrogen-bond donors (Lipinski definition) is 1. The molecule has 0 saturated carbocycles. The molecule has 0 amide bonds. The van der Waals surface area contributed by atoms with Crippen LogP contribution in [0, 0.1) is 6.92 Å². The second-order valence-electron chi connectivity index (χ2n) is 4.24. The highest BCUT2D eigenvalue weighted by Crippen LogP contribution is 2.18. The van der Waals surface area contributed by atoms with Crippen LogP contribution in [0.2, 0.25) is 0 Å². The first-order valence-electron chi connectivity index (χ1n) is 5.82. The van der Waals surface area contributed by atoms with Gasteiger partial charge in [0.25, 0.3) is 0 Å². The Morgan fingerprint density at radius 2 is 2.33 bits per heavy atom. The van der Waals surface area contributed by atoms with Crippen LogP contribution in [0.5, 0.6) is 0 Å². The van der Waals surface area contributed by atoms with Crippen molar-refractivity contribution in [2.24, 2.45) is 0 Å². The van der Waals surface area contributed by atoms with Crippen molar-refractivity contribution in [1.82, 2.24) is 5.32 Å². The molecule has 1 saturated heterocycles. The lowest BCUT2D eigenvalue weighted by molar-refractivity contribution is 0.599. The molecule has 1 aromatic heterocycles. The average Bonchev–Trinajstić information content (AvgIpc) is 2.53. The summed E-state index contributed by atoms with van der Waals surface area (Å²) in [7, 11) is 0. The zero-order chi connectivity index (χ0) is 10.5. The van der Waals surface area contributed by atoms with Crippen LogP contribution >= 0.6 is 11.3 Å². The van der Waals surface area contributed by atoms with E-state index in [4.69, 9.17) is 0 Å². The minimum atomic E-state index is 0.592. The number of nitrogens with one attached hydrogen (secondary N) is 1. The first-order chi connectivity index (χ1) is 7.36. The Bertz CT molecular complexity index is 319. The van der Waals surface area contributed by atoms with Gasteiger partial charge in [-0.25, -0.2) is 0 Å². The van der Waals surface area contributed by atoms with E-state index >= 15 is 0 Å². The van der Waals surface area contributed by atoms with Gasteiger partial charge in [-0.3, -0.25) is 0 Å². The van der Waals surface area contributed by atoms with Crippen LogP contribution < -0.4 is 5.32 Å². The predicted octanol–water partition coefficient (Wildman–Crippen LogP) is 3.60. The van der Waals surface area contributed by atoms with Gasteiger partial charge in [0.2, 0.25) is 0 Å². The highest BCUT2D eigenvalue weighted by molar-refractivity contribution is 7.11. The average molecular weight is 221 g/mol. The zero-order valence-electron chi connectivity index (χ0n) is 9.33. The Morgan fingerprint density at radius 1 is 1.40 bits per heavy atom. The molecule has 1 atom stereocenters. The molecule has 1 aliphatic heterocycles. The van der Waals surface area contributed by atoms with Crippen LogP contribution in [-0.4, -0.2) is 12.6 Å². The predicted molar refractivity (Wildman–Crippen MR) is 68.3 cm³/mol. The van der Waals surface area contributed by atoms with Crippen molar-refractivity contribution < 1.29 is 0 Å². The topological polar surface area (TPSA) is 12.0 Å². The van der Waals surface area contributed by atoms with Crippen molar-refractivity contribution in [1.29, 1.82) is 0 Å². The summed E-state index contributed by atoms with van der Waals surface area (Å²) in [4.78, 5) is 1.40. The number of aryl methyl sites for hydroxylation is 1. The molecule has 0 aliphatic carbocycles. The van der Waals surface area contributed by atoms with Crippen molar-refractivity contribution in [3.05, 3.63) is 28.0 Å². The Morgan fingerprint density at radius 3 is 3.13 bits per heavy atom. The summed E-state index contributed by atoms with van der Waals surface area (Å²) in [5.74, 6) is 0. The quantitative estimate of drug-likeness (QED) is 0.804. The van der Waals surface area contributed by atoms with Gasteiger partial charge in [0.1, 0.15) is 0 Å². The summed E-state index contributed by atoms with van der Waals surface area (Å²) in [6, 6.07) is 2.78. The Hall–Kier alpha value is -0.600. The number of hydrogen-bond acceptors (Lipinski definition) is 2. The largest absolute Gasteiger partial charge is 0.311 e. The summed E-state index contributed by atoms with van der Waals surface area (Å²) < 4.78 is 0. The third-order valence-electron chi connectivity index (χ3n) is 2.98. The fraction of sp³-hybridized carbons (Fsp3) is 0.538. The molecular weight excluding hydrogens is 202 g/mol. The maximum absolute atomic E-state index is 3.58. The van der Waals surface area contributed by atoms with E-state index in [2.05, 4.69) is 35.8 Å². The molecule has 2 heteroatoms. The molecule has 1 aromatic rings. The molecule has 0 spiro atoms. The lowest BCUT2D eigenvalue weighted by Crippen LogP contribution is -2.25. The van der Waals surface area contributed by atoms with E-state index in [1.807, 2.05) is 11.3 Å². The molecule has 1 nitrogen and oxygen atoms in total. The number of rotatable bonds is 2. The molecule has 2 rings (SSSR count). The van der Waals surface area contributed by atoms with E-state index < -0.39 is 0 Å². The maximum atomic E-state index is 3.58. The lowest BCUT2D eigenvalue weighted by atomic mass is 10.1. The van der Waals surface area contributed by atoms with Gasteiger partial charge < -0.3 is 5.32 Å². The molecule has 0 bridgehead atoms. The van der Waals surface area contributed by atoms with E-state index in [0.29, 0.717) is 6.04 Å². The summed E-state index contributed by atoms with van der Waals surface area (Å²) >= 11 is 1.83. The Balaban J connectivity index is 1.95. The van der Waals surface area contributed by atoms with Crippen molar-refractivity contribution in [2.75, 3.05) is 6.54 Å². The van der Waals surface area contributed by atoms with Gasteiger partial charge >= 0.3 is 0 Å². The third-order valence-corrected chi connectivity index (χ3v) is 3.96. The van der Waals surface area contributed by atoms with Gasteiger partial charge in [-0.05, 0) is 49.4 Å². The molecule has 0 aromatic carbocycles. The highest BCUT2D eigenvalue weighted by Gasteiger charge is 2.07. The normalized spacial score (nSPS) is 23.1. The van der Waals surface area contributed by atoms with Crippen LogP contribution in [-0.2, 0) is 0 Å². The van der Waals surface area contributed by atoms with Crippen molar-refractivity contribution in [3.63, 3.8) is 0 Å². The summed E-state index contributed by atoms with van der Waals surface area (Å²) in [5, 5.41) is 5.74. The first-order valence-corrected chi connectivity index (χ1v) is 6.70. The van der Waals surface area contributed by atoms with E-state index in [-0.39, 0.29) is 0 Å². The standard InChI is InChI=1S/C13H19NS/c1-11-8-10-15-13(11)7-6-12-5-3-2-4-9-14-12/h6-8,10,12,14H,2-5,9H2,1H3/b7-6+. The summed E-state index contributed by atoms with van der Waals surface area (Å²) in [6.45, 7) is 3.36. The fourth-order valence-corrected chi connectivity index (χ4v) is 2.81. The second kappa shape index (κ2) is 5.47. The van der Waals surface area contributed by atoms with Gasteiger partial charge in [-0.15, -0.1) is 11.3 Å². The minimum Gasteiger partial charge on any atom is -0.311 e. The third kappa shape index (κ3) is 3.18. The smallest absolute Gasteiger partial charge is 0.0296 e. The Kier molecular flexibility index (Phi) is 3.98. The molecule has 2 heterocycles. The van der Waals surface area contributed by atoms with E-state index in [1.54, 1.807) is 0 Å². The molecule has 0 radical (unpaired) electrons. The van der Waals surface area contributed by atoms with Crippen LogP contribution in [0.25, 0.3) is 6.08 Å². The summed E-state index contributed by atoms with van der Waals surface area (Å²) in [5.41, 5.74) is 1.39. The monoisotopic (exact) mass is 221 g/mol. The van der Waals surface area contributed by atoms with E-state index in [1.165, 1.54) is 42.7 Å². The number of thiophene rings is 1. The van der Waals surface area contributed by atoms with Gasteiger partial charge in [0.05, 0.1) is 0 Å². The molecule has 82 valence electrons. The van der Waals surface area contributed by atoms with Crippen LogP contribution in [0.15, 0.2) is 17.5 Å². The molecule has 1 aliphatic rings. The van der Waals surface area contributed by atoms with Crippen molar-refractivity contribution in [2.45, 2.75) is 38.6 Å². The van der Waals surface area contributed by atoms with Gasteiger partial charge in [-0.2, -0.15) is 0 Å². The molecule has 15 heavy (non-hydrogen) atoms. The van der Waals surface area contributed by atoms with E-state index in [0.717, 1.165) is 0 Å². The molecular formula is C13H19NS. The maximum Gasteiger partial charge on any atom is 0.0296 e. The SMILES string of the molecule is Cc1ccsc1/C=C/C1CCCCCN1. The second-order valence-corrected chi connectivity index (χ2v) is 5.18. The molecule has 1 fully saturated rings. The molecule has 1 N–H and O–H groups in total. The highest BCUT2D eigenvalue weighted by atomic mass is 32.1. The van der Waals surface area contributed by atoms with Crippen LogP contribution in [0.3, 0.4) is 0 Å². The fourth-order valence-electron chi connectivity index (χ4n) is 1.98. The van der Waals surface area contributed by atoms with E-state index in [9.17, 15) is 0 Å². The summed E-state index contributed by atoms with van der Waals surface area (Å²) in [6.07, 6.45) is 10.00. The van der Waals surface area contributed by atoms with Gasteiger partial charge in [0.15, 0.2) is 0 Å². The van der Waals surface area contributed by atoms with Crippen molar-refractivity contribution >= 4 is 17.4 Å². The minimum absolute atomic E-state index is 0.592. The first kappa shape index (κ1) is 10.9. The van der Waals surface area contributed by atoms with Crippen LogP contribution in [0.4, 0.5) is 0 Å². The van der Waals surface area contributed by atoms with Gasteiger partial charge in [0, 0.05) is 10.9 Å². The van der Waals surface area contributed by atoms with Gasteiger partial charge in [-0.1, -0.05) is 18.9 Å². The van der Waals surface area contributed by atoms with Crippen LogP contribution in [0.1, 0.15) is 36.1 Å². The van der Waals surface area contributed by atoms with Crippen molar-refractivity contribution in [3.8, 4) is 0 Å². The Labute approximate surface area is 96.2 Å². The molecule has 1 unspecified atom stereocenters. The lowest BCUT2D eigenvalue weighted by Gasteiger charge is -2.09. The zero-order valence-corrected chi connectivity index (χ0v) is 10.1.